The Bertz CT molecular complexity index is 1900. The van der Waals surface area contributed by atoms with Crippen LogP contribution in [0, 0.1) is 11.3 Å². The van der Waals surface area contributed by atoms with Crippen molar-refractivity contribution in [3.63, 3.8) is 0 Å². The van der Waals surface area contributed by atoms with Gasteiger partial charge in [0.2, 0.25) is 12.7 Å². The molecule has 1 aromatic heterocycles. The first-order chi connectivity index (χ1) is 24.6. The summed E-state index contributed by atoms with van der Waals surface area (Å²) in [5.74, 6) is -0.987. The van der Waals surface area contributed by atoms with Crippen molar-refractivity contribution in [3.8, 4) is 11.1 Å². The van der Waals surface area contributed by atoms with Crippen molar-refractivity contribution in [2.24, 2.45) is 11.3 Å². The smallest absolute Gasteiger partial charge is 0.436 e. The number of hydrogen-bond donors (Lipinski definition) is 3. The summed E-state index contributed by atoms with van der Waals surface area (Å²) in [6.45, 7) is 4.76. The first-order valence-electron chi connectivity index (χ1n) is 17.2. The molecule has 2 amide bonds. The minimum atomic E-state index is -2.70. The van der Waals surface area contributed by atoms with Gasteiger partial charge in [-0.3, -0.25) is 9.59 Å². The van der Waals surface area contributed by atoms with Gasteiger partial charge in [0.1, 0.15) is 6.61 Å². The molecule has 3 aromatic carbocycles. The SMILES string of the molecule is CC(C)(C)C(=O)OCO[P+](=O)OC[C@H](C=C1CCC[C@H]1C(=O)NCCc1c[nH]c2ccccc12)NC(=O)OC1c2ccccc2-c2ccccc21. The molecule has 6 rings (SSSR count). The van der Waals surface area contributed by atoms with Gasteiger partial charge in [-0.2, -0.15) is 0 Å². The number of carbonyl (C=O) groups excluding carboxylic acids is 3. The van der Waals surface area contributed by atoms with E-state index in [0.29, 0.717) is 25.8 Å². The number of carbonyl (C=O) groups is 3. The van der Waals surface area contributed by atoms with E-state index in [0.717, 1.165) is 50.7 Å². The topological polar surface area (TPSA) is 145 Å². The molecule has 0 bridgehead atoms. The van der Waals surface area contributed by atoms with Crippen LogP contribution in [0.4, 0.5) is 4.79 Å². The number of para-hydroxylation sites is 1. The van der Waals surface area contributed by atoms with Gasteiger partial charge in [-0.15, -0.1) is 4.52 Å². The van der Waals surface area contributed by atoms with Crippen LogP contribution in [0.15, 0.2) is 90.6 Å². The Morgan fingerprint density at radius 1 is 0.961 bits per heavy atom. The number of hydrogen-bond acceptors (Lipinski definition) is 8. The number of aromatic nitrogens is 1. The summed E-state index contributed by atoms with van der Waals surface area (Å²) in [4.78, 5) is 42.2. The highest BCUT2D eigenvalue weighted by Gasteiger charge is 2.34. The van der Waals surface area contributed by atoms with E-state index in [4.69, 9.17) is 18.5 Å². The van der Waals surface area contributed by atoms with Crippen LogP contribution in [-0.2, 0) is 39.1 Å². The number of amides is 2. The van der Waals surface area contributed by atoms with E-state index < -0.39 is 44.7 Å². The molecule has 1 fully saturated rings. The molecule has 0 radical (unpaired) electrons. The van der Waals surface area contributed by atoms with Gasteiger partial charge < -0.3 is 25.1 Å². The highest BCUT2D eigenvalue weighted by atomic mass is 31.1. The van der Waals surface area contributed by atoms with Gasteiger partial charge in [0.25, 0.3) is 0 Å². The lowest BCUT2D eigenvalue weighted by Gasteiger charge is -2.20. The standard InChI is InChI=1S/C39H42N3O8P/c1-39(2,3)37(44)47-24-49-51(46)48-23-27(42-38(45)50-35-32-15-6-4-13-30(32)31-14-5-7-16-33(31)35)21-25-11-10-17-29(25)36(43)40-20-19-26-22-41-34-18-9-8-12-28(26)34/h4-9,12-16,18,21-22,27,29,35,41H,10-11,17,19-20,23-24H2,1-3H3,(H-,40,42,43,45)/p+1/t27-,29+/m0/s1. The number of benzene rings is 3. The van der Waals surface area contributed by atoms with Crippen LogP contribution in [0.1, 0.15) is 62.8 Å². The first-order valence-corrected chi connectivity index (χ1v) is 18.3. The monoisotopic (exact) mass is 712 g/mol. The number of alkyl carbamates (subject to hydrolysis) is 1. The summed E-state index contributed by atoms with van der Waals surface area (Å²) in [7, 11) is -2.70. The Hall–Kier alpha value is -4.83. The number of ether oxygens (including phenoxy) is 2. The number of H-pyrrole nitrogens is 1. The Balaban J connectivity index is 1.12. The summed E-state index contributed by atoms with van der Waals surface area (Å²) >= 11 is 0. The van der Waals surface area contributed by atoms with Gasteiger partial charge in [-0.1, -0.05) is 82.9 Å². The quantitative estimate of drug-likeness (QED) is 0.0555. The molecule has 3 atom stereocenters. The van der Waals surface area contributed by atoms with E-state index in [1.54, 1.807) is 26.8 Å². The molecule has 0 saturated heterocycles. The van der Waals surface area contributed by atoms with Gasteiger partial charge in [-0.05, 0) is 69.2 Å². The molecule has 0 spiro atoms. The summed E-state index contributed by atoms with van der Waals surface area (Å²) in [5.41, 5.74) is 6.03. The normalized spacial score (nSPS) is 17.1. The molecule has 2 aliphatic rings. The van der Waals surface area contributed by atoms with Gasteiger partial charge >= 0.3 is 20.3 Å². The molecule has 51 heavy (non-hydrogen) atoms. The minimum Gasteiger partial charge on any atom is -0.436 e. The van der Waals surface area contributed by atoms with Crippen LogP contribution >= 0.6 is 8.25 Å². The largest absolute Gasteiger partial charge is 0.701 e. The fraction of sp³-hybridized carbons (Fsp3) is 0.359. The summed E-state index contributed by atoms with van der Waals surface area (Å²) in [5, 5.41) is 7.07. The van der Waals surface area contributed by atoms with Crippen molar-refractivity contribution < 1.29 is 37.5 Å². The molecular formula is C39H43N3O8P+. The molecule has 4 aromatic rings. The third-order valence-corrected chi connectivity index (χ3v) is 9.81. The zero-order chi connectivity index (χ0) is 36.0. The second kappa shape index (κ2) is 16.0. The zero-order valence-electron chi connectivity index (χ0n) is 29.0. The molecule has 1 unspecified atom stereocenters. The Morgan fingerprint density at radius 2 is 1.65 bits per heavy atom. The van der Waals surface area contributed by atoms with E-state index in [1.165, 1.54) is 0 Å². The number of fused-ring (bicyclic) bond motifs is 4. The van der Waals surface area contributed by atoms with Crippen molar-refractivity contribution in [3.05, 3.63) is 107 Å². The van der Waals surface area contributed by atoms with Crippen molar-refractivity contribution >= 4 is 37.1 Å². The van der Waals surface area contributed by atoms with E-state index in [9.17, 15) is 18.9 Å². The van der Waals surface area contributed by atoms with Crippen LogP contribution in [0.5, 0.6) is 0 Å². The van der Waals surface area contributed by atoms with E-state index >= 15 is 0 Å². The Kier molecular flexibility index (Phi) is 11.3. The first kappa shape index (κ1) is 36.0. The molecule has 2 aliphatic carbocycles. The van der Waals surface area contributed by atoms with Crippen molar-refractivity contribution in [2.75, 3.05) is 19.9 Å². The van der Waals surface area contributed by atoms with Crippen molar-refractivity contribution in [2.45, 2.75) is 58.6 Å². The molecular weight excluding hydrogens is 669 g/mol. The lowest BCUT2D eigenvalue weighted by molar-refractivity contribution is -0.159. The lowest BCUT2D eigenvalue weighted by atomic mass is 9.98. The third-order valence-electron chi connectivity index (χ3n) is 9.13. The van der Waals surface area contributed by atoms with Crippen LogP contribution in [0.25, 0.3) is 22.0 Å². The molecule has 1 saturated carbocycles. The third kappa shape index (κ3) is 8.73. The van der Waals surface area contributed by atoms with Gasteiger partial charge in [0.05, 0.1) is 17.4 Å². The number of esters is 1. The van der Waals surface area contributed by atoms with Crippen LogP contribution < -0.4 is 10.6 Å². The summed E-state index contributed by atoms with van der Waals surface area (Å²) in [6, 6.07) is 22.8. The maximum atomic E-state index is 13.5. The fourth-order valence-corrected chi connectivity index (χ4v) is 7.08. The maximum absolute atomic E-state index is 13.5. The second-order valence-electron chi connectivity index (χ2n) is 13.7. The predicted molar refractivity (Wildman–Crippen MR) is 193 cm³/mol. The van der Waals surface area contributed by atoms with Crippen molar-refractivity contribution in [1.82, 2.24) is 15.6 Å². The van der Waals surface area contributed by atoms with Gasteiger partial charge in [-0.25, -0.2) is 4.79 Å². The number of aromatic amines is 1. The average Bonchev–Trinajstić information content (AvgIpc) is 3.83. The van der Waals surface area contributed by atoms with E-state index in [2.05, 4.69) is 21.7 Å². The second-order valence-corrected chi connectivity index (χ2v) is 14.7. The summed E-state index contributed by atoms with van der Waals surface area (Å²) < 4.78 is 34.2. The van der Waals surface area contributed by atoms with Crippen LogP contribution in [0.3, 0.4) is 0 Å². The Morgan fingerprint density at radius 3 is 2.37 bits per heavy atom. The zero-order valence-corrected chi connectivity index (χ0v) is 29.9. The molecule has 266 valence electrons. The number of rotatable bonds is 13. The molecule has 0 aliphatic heterocycles. The molecule has 12 heteroatoms. The molecule has 11 nitrogen and oxygen atoms in total. The van der Waals surface area contributed by atoms with Gasteiger partial charge in [0.15, 0.2) is 6.10 Å². The summed E-state index contributed by atoms with van der Waals surface area (Å²) in [6.07, 6.45) is 5.23. The van der Waals surface area contributed by atoms with E-state index in [1.807, 2.05) is 72.9 Å². The Labute approximate surface area is 298 Å². The number of nitrogens with one attached hydrogen (secondary N) is 3. The molecule has 1 heterocycles. The minimum absolute atomic E-state index is 0.0879. The fourth-order valence-electron chi connectivity index (χ4n) is 6.59. The van der Waals surface area contributed by atoms with E-state index in [-0.39, 0.29) is 18.4 Å². The average molecular weight is 713 g/mol. The maximum Gasteiger partial charge on any atom is 0.701 e. The van der Waals surface area contributed by atoms with Crippen LogP contribution in [0.2, 0.25) is 0 Å². The van der Waals surface area contributed by atoms with Crippen LogP contribution in [-0.4, -0.2) is 48.9 Å². The predicted octanol–water partition coefficient (Wildman–Crippen LogP) is 7.66. The van der Waals surface area contributed by atoms with Gasteiger partial charge in [0, 0.05) is 39.3 Å². The lowest BCUT2D eigenvalue weighted by Crippen LogP contribution is -2.38. The van der Waals surface area contributed by atoms with Crippen molar-refractivity contribution in [1.29, 1.82) is 0 Å². The molecule has 3 N–H and O–H groups in total. The highest BCUT2D eigenvalue weighted by molar-refractivity contribution is 7.33. The highest BCUT2D eigenvalue weighted by Crippen LogP contribution is 2.45.